The van der Waals surface area contributed by atoms with Gasteiger partial charge in [-0.2, -0.15) is 4.31 Å². The van der Waals surface area contributed by atoms with E-state index in [1.165, 1.54) is 41.7 Å². The zero-order valence-electron chi connectivity index (χ0n) is 17.5. The van der Waals surface area contributed by atoms with Gasteiger partial charge in [0.2, 0.25) is 10.0 Å². The van der Waals surface area contributed by atoms with Crippen molar-refractivity contribution in [2.24, 2.45) is 0 Å². The van der Waals surface area contributed by atoms with E-state index in [0.717, 1.165) is 0 Å². The fraction of sp³-hybridized carbons (Fsp3) is 0.381. The fourth-order valence-corrected chi connectivity index (χ4v) is 4.94. The third-order valence-corrected chi connectivity index (χ3v) is 6.90. The topological polar surface area (TPSA) is 91.4 Å². The number of carbonyl (C=O) groups excluding carboxylic acids is 1. The number of methoxy groups -OCH3 is 1. The minimum absolute atomic E-state index is 0.0185. The molecule has 1 aliphatic rings. The standard InChI is InChI=1S/C21H24FNO7S/c1-4-23(5-2)31(25,26)19-10-14(6-7-18(19)27-3)21(24)29-12-16-9-17(22)8-15-11-28-13-30-20(15)16/h6-10H,4-5,11-13H2,1-3H3. The third-order valence-electron chi connectivity index (χ3n) is 4.83. The lowest BCUT2D eigenvalue weighted by atomic mass is 10.1. The highest BCUT2D eigenvalue weighted by Gasteiger charge is 2.27. The summed E-state index contributed by atoms with van der Waals surface area (Å²) in [6.07, 6.45) is 0. The Balaban J connectivity index is 1.86. The lowest BCUT2D eigenvalue weighted by Gasteiger charge is -2.21. The largest absolute Gasteiger partial charge is 0.495 e. The van der Waals surface area contributed by atoms with Gasteiger partial charge in [0.15, 0.2) is 6.79 Å². The van der Waals surface area contributed by atoms with Crippen LogP contribution in [-0.2, 0) is 32.7 Å². The number of rotatable bonds is 8. The van der Waals surface area contributed by atoms with Crippen molar-refractivity contribution in [3.05, 3.63) is 52.8 Å². The summed E-state index contributed by atoms with van der Waals surface area (Å²) in [5.41, 5.74) is 0.909. The highest BCUT2D eigenvalue weighted by Crippen LogP contribution is 2.31. The van der Waals surface area contributed by atoms with Crippen molar-refractivity contribution < 1.29 is 36.6 Å². The quantitative estimate of drug-likeness (QED) is 0.567. The van der Waals surface area contributed by atoms with Crippen molar-refractivity contribution in [1.82, 2.24) is 4.31 Å². The summed E-state index contributed by atoms with van der Waals surface area (Å²) in [4.78, 5) is 12.5. The van der Waals surface area contributed by atoms with Crippen LogP contribution >= 0.6 is 0 Å². The summed E-state index contributed by atoms with van der Waals surface area (Å²) in [6, 6.07) is 6.56. The number of fused-ring (bicyclic) bond motifs is 1. The van der Waals surface area contributed by atoms with Gasteiger partial charge in [-0.1, -0.05) is 13.8 Å². The Morgan fingerprint density at radius 2 is 1.94 bits per heavy atom. The first-order valence-corrected chi connectivity index (χ1v) is 11.1. The van der Waals surface area contributed by atoms with E-state index in [1.807, 2.05) is 0 Å². The lowest BCUT2D eigenvalue weighted by molar-refractivity contribution is -0.0182. The number of nitrogens with zero attached hydrogens (tertiary/aromatic N) is 1. The number of hydrogen-bond donors (Lipinski definition) is 0. The molecule has 2 aromatic rings. The van der Waals surface area contributed by atoms with Gasteiger partial charge >= 0.3 is 5.97 Å². The van der Waals surface area contributed by atoms with E-state index in [0.29, 0.717) is 16.9 Å². The van der Waals surface area contributed by atoms with Gasteiger partial charge in [-0.15, -0.1) is 0 Å². The van der Waals surface area contributed by atoms with Crippen molar-refractivity contribution >= 4 is 16.0 Å². The molecule has 0 unspecified atom stereocenters. The first kappa shape index (κ1) is 23.0. The third kappa shape index (κ3) is 4.81. The maximum atomic E-state index is 13.9. The van der Waals surface area contributed by atoms with Gasteiger partial charge in [-0.05, 0) is 30.3 Å². The monoisotopic (exact) mass is 453 g/mol. The Hall–Kier alpha value is -2.69. The molecular weight excluding hydrogens is 429 g/mol. The highest BCUT2D eigenvalue weighted by atomic mass is 32.2. The van der Waals surface area contributed by atoms with Crippen LogP contribution in [0.3, 0.4) is 0 Å². The van der Waals surface area contributed by atoms with E-state index < -0.39 is 21.8 Å². The molecule has 0 atom stereocenters. The van der Waals surface area contributed by atoms with Crippen LogP contribution < -0.4 is 9.47 Å². The number of benzene rings is 2. The van der Waals surface area contributed by atoms with Gasteiger partial charge in [0, 0.05) is 24.2 Å². The molecule has 0 amide bonds. The predicted molar refractivity (Wildman–Crippen MR) is 109 cm³/mol. The Morgan fingerprint density at radius 1 is 1.19 bits per heavy atom. The molecule has 1 heterocycles. The number of ether oxygens (including phenoxy) is 4. The lowest BCUT2D eigenvalue weighted by Crippen LogP contribution is -2.31. The van der Waals surface area contributed by atoms with Gasteiger partial charge in [0.05, 0.1) is 19.3 Å². The predicted octanol–water partition coefficient (Wildman–Crippen LogP) is 3.09. The number of carbonyl (C=O) groups is 1. The maximum Gasteiger partial charge on any atom is 0.338 e. The molecular formula is C21H24FNO7S. The van der Waals surface area contributed by atoms with Crippen molar-refractivity contribution in [2.45, 2.75) is 32.0 Å². The number of halogens is 1. The normalized spacial score (nSPS) is 13.5. The molecule has 10 heteroatoms. The van der Waals surface area contributed by atoms with Crippen LogP contribution in [-0.4, -0.2) is 45.7 Å². The van der Waals surface area contributed by atoms with Gasteiger partial charge < -0.3 is 18.9 Å². The van der Waals surface area contributed by atoms with Gasteiger partial charge in [0.1, 0.15) is 28.8 Å². The zero-order chi connectivity index (χ0) is 22.6. The molecule has 31 heavy (non-hydrogen) atoms. The van der Waals surface area contributed by atoms with Crippen LogP contribution in [0.2, 0.25) is 0 Å². The molecule has 0 aromatic heterocycles. The van der Waals surface area contributed by atoms with E-state index in [1.54, 1.807) is 13.8 Å². The summed E-state index contributed by atoms with van der Waals surface area (Å²) < 4.78 is 62.1. The van der Waals surface area contributed by atoms with Crippen molar-refractivity contribution in [1.29, 1.82) is 0 Å². The van der Waals surface area contributed by atoms with Crippen molar-refractivity contribution in [2.75, 3.05) is 27.0 Å². The van der Waals surface area contributed by atoms with E-state index in [-0.39, 0.29) is 49.3 Å². The number of esters is 1. The van der Waals surface area contributed by atoms with E-state index in [2.05, 4.69) is 0 Å². The molecule has 2 aromatic carbocycles. The Bertz CT molecular complexity index is 1070. The molecule has 0 radical (unpaired) electrons. The number of hydrogen-bond acceptors (Lipinski definition) is 7. The molecule has 168 valence electrons. The minimum Gasteiger partial charge on any atom is -0.495 e. The zero-order valence-corrected chi connectivity index (χ0v) is 18.3. The van der Waals surface area contributed by atoms with Crippen LogP contribution in [0, 0.1) is 5.82 Å². The minimum atomic E-state index is -3.87. The second-order valence-corrected chi connectivity index (χ2v) is 8.60. The summed E-state index contributed by atoms with van der Waals surface area (Å²) in [7, 11) is -2.52. The Labute approximate surface area is 180 Å². The first-order valence-electron chi connectivity index (χ1n) is 9.68. The highest BCUT2D eigenvalue weighted by molar-refractivity contribution is 7.89. The summed E-state index contributed by atoms with van der Waals surface area (Å²) in [5, 5.41) is 0. The molecule has 0 saturated heterocycles. The van der Waals surface area contributed by atoms with E-state index in [4.69, 9.17) is 18.9 Å². The molecule has 3 rings (SSSR count). The smallest absolute Gasteiger partial charge is 0.338 e. The number of sulfonamides is 1. The molecule has 8 nitrogen and oxygen atoms in total. The Morgan fingerprint density at radius 3 is 2.61 bits per heavy atom. The molecule has 0 N–H and O–H groups in total. The Kier molecular flexibility index (Phi) is 7.14. The van der Waals surface area contributed by atoms with Crippen LogP contribution in [0.1, 0.15) is 35.3 Å². The molecule has 0 bridgehead atoms. The van der Waals surface area contributed by atoms with Crippen LogP contribution in [0.25, 0.3) is 0 Å². The van der Waals surface area contributed by atoms with Gasteiger partial charge in [-0.25, -0.2) is 17.6 Å². The van der Waals surface area contributed by atoms with Crippen LogP contribution in [0.4, 0.5) is 4.39 Å². The van der Waals surface area contributed by atoms with Crippen molar-refractivity contribution in [3.63, 3.8) is 0 Å². The SMILES string of the molecule is CCN(CC)S(=O)(=O)c1cc(C(=O)OCc2cc(F)cc3c2OCOC3)ccc1OC. The first-order chi connectivity index (χ1) is 14.8. The molecule has 0 spiro atoms. The second-order valence-electron chi connectivity index (χ2n) is 6.69. The van der Waals surface area contributed by atoms with Crippen molar-refractivity contribution in [3.8, 4) is 11.5 Å². The average molecular weight is 453 g/mol. The fourth-order valence-electron chi connectivity index (χ4n) is 3.30. The average Bonchev–Trinajstić information content (AvgIpc) is 2.77. The molecule has 0 fully saturated rings. The molecule has 0 aliphatic carbocycles. The molecule has 0 saturated carbocycles. The summed E-state index contributed by atoms with van der Waals surface area (Å²) in [5.74, 6) is -0.726. The van der Waals surface area contributed by atoms with Gasteiger partial charge in [0.25, 0.3) is 0 Å². The maximum absolute atomic E-state index is 13.9. The van der Waals surface area contributed by atoms with Gasteiger partial charge in [-0.3, -0.25) is 0 Å². The van der Waals surface area contributed by atoms with E-state index >= 15 is 0 Å². The van der Waals surface area contributed by atoms with Crippen LogP contribution in [0.5, 0.6) is 11.5 Å². The molecule has 1 aliphatic heterocycles. The summed E-state index contributed by atoms with van der Waals surface area (Å²) in [6.45, 7) is 3.94. The second kappa shape index (κ2) is 9.63. The summed E-state index contributed by atoms with van der Waals surface area (Å²) >= 11 is 0. The van der Waals surface area contributed by atoms with Crippen LogP contribution in [0.15, 0.2) is 35.2 Å². The van der Waals surface area contributed by atoms with E-state index in [9.17, 15) is 17.6 Å².